The molecule has 0 aliphatic heterocycles. The highest BCUT2D eigenvalue weighted by Gasteiger charge is 2.53. The Bertz CT molecular complexity index is 696. The molecule has 0 bridgehead atoms. The predicted molar refractivity (Wildman–Crippen MR) is 91.2 cm³/mol. The summed E-state index contributed by atoms with van der Waals surface area (Å²) >= 11 is 0. The van der Waals surface area contributed by atoms with Gasteiger partial charge in [-0.25, -0.2) is 0 Å². The Morgan fingerprint density at radius 1 is 1.26 bits per heavy atom. The third-order valence-corrected chi connectivity index (χ3v) is 6.91. The second kappa shape index (κ2) is 5.08. The Labute approximate surface area is 137 Å². The molecule has 0 spiro atoms. The van der Waals surface area contributed by atoms with E-state index in [4.69, 9.17) is 11.6 Å². The normalized spacial score (nSPS) is 37.1. The maximum absolute atomic E-state index is 11.4. The van der Waals surface area contributed by atoms with Crippen LogP contribution in [0.4, 0.5) is 0 Å². The third kappa shape index (κ3) is 2.03. The van der Waals surface area contributed by atoms with Gasteiger partial charge in [0.25, 0.3) is 0 Å². The highest BCUT2D eigenvalue weighted by Crippen LogP contribution is 2.59. The standard InChI is InChI=1S/C19H25N3O/c1-19-9-8-14-13-4-3-12(18(20)23)10-11(13)2-5-15(14)16(19)6-7-17(19)22-21/h3-4,10,14-16H,2,5-9,21H2,1H3,(H2,20,23)/b22-17-/t14-,15-,16+,19+/m1/s1. The van der Waals surface area contributed by atoms with E-state index in [1.807, 2.05) is 12.1 Å². The molecule has 3 aliphatic carbocycles. The van der Waals surface area contributed by atoms with Gasteiger partial charge in [0.1, 0.15) is 0 Å². The number of hydrazone groups is 1. The number of carbonyl (C=O) groups is 1. The van der Waals surface area contributed by atoms with Crippen molar-refractivity contribution < 1.29 is 4.79 Å². The summed E-state index contributed by atoms with van der Waals surface area (Å²) in [7, 11) is 0. The minimum Gasteiger partial charge on any atom is -0.366 e. The summed E-state index contributed by atoms with van der Waals surface area (Å²) in [6.07, 6.45) is 6.92. The van der Waals surface area contributed by atoms with Gasteiger partial charge in [-0.05, 0) is 79.5 Å². The summed E-state index contributed by atoms with van der Waals surface area (Å²) in [6, 6.07) is 6.07. The minimum atomic E-state index is -0.328. The number of hydrogen-bond acceptors (Lipinski definition) is 3. The summed E-state index contributed by atoms with van der Waals surface area (Å²) in [4.78, 5) is 11.4. The van der Waals surface area contributed by atoms with E-state index in [2.05, 4.69) is 18.1 Å². The lowest BCUT2D eigenvalue weighted by molar-refractivity contribution is 0.0953. The van der Waals surface area contributed by atoms with Crippen LogP contribution in [0.3, 0.4) is 0 Å². The van der Waals surface area contributed by atoms with Crippen LogP contribution < -0.4 is 11.6 Å². The van der Waals surface area contributed by atoms with Gasteiger partial charge in [0.15, 0.2) is 0 Å². The fraction of sp³-hybridized carbons (Fsp3) is 0.579. The molecule has 4 heteroatoms. The highest BCUT2D eigenvalue weighted by atomic mass is 16.1. The van der Waals surface area contributed by atoms with Crippen LogP contribution in [0.2, 0.25) is 0 Å². The molecule has 2 fully saturated rings. The van der Waals surface area contributed by atoms with Crippen molar-refractivity contribution in [1.82, 2.24) is 0 Å². The Balaban J connectivity index is 1.69. The van der Waals surface area contributed by atoms with Crippen molar-refractivity contribution in [2.45, 2.75) is 51.4 Å². The maximum Gasteiger partial charge on any atom is 0.248 e. The molecule has 1 amide bonds. The van der Waals surface area contributed by atoms with Gasteiger partial charge in [0.05, 0.1) is 0 Å². The molecule has 0 heterocycles. The molecule has 0 radical (unpaired) electrons. The van der Waals surface area contributed by atoms with E-state index in [-0.39, 0.29) is 11.3 Å². The Morgan fingerprint density at radius 3 is 2.83 bits per heavy atom. The zero-order chi connectivity index (χ0) is 16.2. The van der Waals surface area contributed by atoms with Crippen LogP contribution in [-0.4, -0.2) is 11.6 Å². The Kier molecular flexibility index (Phi) is 3.26. The lowest BCUT2D eigenvalue weighted by atomic mass is 9.55. The van der Waals surface area contributed by atoms with Crippen molar-refractivity contribution in [3.05, 3.63) is 34.9 Å². The lowest BCUT2D eigenvalue weighted by Crippen LogP contribution is -2.42. The molecule has 0 unspecified atom stereocenters. The molecule has 0 aromatic heterocycles. The monoisotopic (exact) mass is 311 g/mol. The molecule has 3 aliphatic rings. The van der Waals surface area contributed by atoms with Gasteiger partial charge < -0.3 is 11.6 Å². The van der Waals surface area contributed by atoms with E-state index >= 15 is 0 Å². The van der Waals surface area contributed by atoms with Crippen LogP contribution in [0.1, 0.15) is 66.4 Å². The van der Waals surface area contributed by atoms with E-state index in [1.54, 1.807) is 0 Å². The SMILES string of the molecule is C[C@]12CC[C@@H]3c4ccc(C(N)=O)cc4CC[C@H]3[C@@H]1CC/C2=N/N. The van der Waals surface area contributed by atoms with Crippen LogP contribution >= 0.6 is 0 Å². The Hall–Kier alpha value is -1.84. The number of rotatable bonds is 1. The number of benzene rings is 1. The zero-order valence-corrected chi connectivity index (χ0v) is 13.7. The third-order valence-electron chi connectivity index (χ3n) is 6.91. The van der Waals surface area contributed by atoms with E-state index in [0.717, 1.165) is 18.8 Å². The fourth-order valence-electron chi connectivity index (χ4n) is 5.74. The molecule has 4 N–H and O–H groups in total. The first-order valence-corrected chi connectivity index (χ1v) is 8.74. The first-order valence-electron chi connectivity index (χ1n) is 8.74. The lowest BCUT2D eigenvalue weighted by Gasteiger charge is -2.49. The average molecular weight is 311 g/mol. The van der Waals surface area contributed by atoms with E-state index in [1.165, 1.54) is 42.5 Å². The van der Waals surface area contributed by atoms with Crippen LogP contribution in [0.5, 0.6) is 0 Å². The molecule has 0 saturated heterocycles. The molecule has 1 aromatic carbocycles. The average Bonchev–Trinajstić information content (AvgIpc) is 2.90. The van der Waals surface area contributed by atoms with Gasteiger partial charge in [-0.3, -0.25) is 4.79 Å². The fourth-order valence-corrected chi connectivity index (χ4v) is 5.74. The first kappa shape index (κ1) is 14.7. The summed E-state index contributed by atoms with van der Waals surface area (Å²) in [6.45, 7) is 2.37. The number of hydrogen-bond donors (Lipinski definition) is 2. The number of aryl methyl sites for hydroxylation is 1. The predicted octanol–water partition coefficient (Wildman–Crippen LogP) is 2.96. The van der Waals surface area contributed by atoms with Gasteiger partial charge in [-0.2, -0.15) is 5.10 Å². The zero-order valence-electron chi connectivity index (χ0n) is 13.7. The quantitative estimate of drug-likeness (QED) is 0.617. The molecule has 23 heavy (non-hydrogen) atoms. The van der Waals surface area contributed by atoms with Crippen molar-refractivity contribution in [1.29, 1.82) is 0 Å². The molecule has 4 rings (SSSR count). The van der Waals surface area contributed by atoms with Crippen LogP contribution in [0.15, 0.2) is 23.3 Å². The van der Waals surface area contributed by atoms with E-state index < -0.39 is 0 Å². The number of fused-ring (bicyclic) bond motifs is 5. The number of carbonyl (C=O) groups excluding carboxylic acids is 1. The molecule has 1 aromatic rings. The van der Waals surface area contributed by atoms with Gasteiger partial charge >= 0.3 is 0 Å². The maximum atomic E-state index is 11.4. The van der Waals surface area contributed by atoms with Crippen molar-refractivity contribution in [3.63, 3.8) is 0 Å². The number of nitrogens with two attached hydrogens (primary N) is 2. The van der Waals surface area contributed by atoms with Gasteiger partial charge in [-0.15, -0.1) is 0 Å². The number of amides is 1. The molecule has 4 atom stereocenters. The van der Waals surface area contributed by atoms with Crippen molar-refractivity contribution in [2.75, 3.05) is 0 Å². The van der Waals surface area contributed by atoms with E-state index in [0.29, 0.717) is 17.4 Å². The molecular formula is C19H25N3O. The number of nitrogens with zero attached hydrogens (tertiary/aromatic N) is 1. The molecule has 4 nitrogen and oxygen atoms in total. The molecule has 122 valence electrons. The number of primary amides is 1. The van der Waals surface area contributed by atoms with Gasteiger partial charge in [-0.1, -0.05) is 13.0 Å². The van der Waals surface area contributed by atoms with Crippen LogP contribution in [0.25, 0.3) is 0 Å². The van der Waals surface area contributed by atoms with E-state index in [9.17, 15) is 4.79 Å². The topological polar surface area (TPSA) is 81.5 Å². The summed E-state index contributed by atoms with van der Waals surface area (Å²) < 4.78 is 0. The first-order chi connectivity index (χ1) is 11.0. The second-order valence-corrected chi connectivity index (χ2v) is 7.76. The molecule has 2 saturated carbocycles. The second-order valence-electron chi connectivity index (χ2n) is 7.76. The highest BCUT2D eigenvalue weighted by molar-refractivity contribution is 5.93. The molecular weight excluding hydrogens is 286 g/mol. The van der Waals surface area contributed by atoms with Crippen molar-refractivity contribution in [2.24, 2.45) is 33.9 Å². The van der Waals surface area contributed by atoms with Gasteiger partial charge in [0, 0.05) is 16.7 Å². The Morgan fingerprint density at radius 2 is 2.09 bits per heavy atom. The summed E-state index contributed by atoms with van der Waals surface area (Å²) in [5.41, 5.74) is 10.3. The van der Waals surface area contributed by atoms with Crippen molar-refractivity contribution in [3.8, 4) is 0 Å². The summed E-state index contributed by atoms with van der Waals surface area (Å²) in [5, 5.41) is 4.12. The summed E-state index contributed by atoms with van der Waals surface area (Å²) in [5.74, 6) is 7.38. The van der Waals surface area contributed by atoms with Crippen LogP contribution in [-0.2, 0) is 6.42 Å². The van der Waals surface area contributed by atoms with Crippen LogP contribution in [0, 0.1) is 17.3 Å². The van der Waals surface area contributed by atoms with Crippen molar-refractivity contribution >= 4 is 11.6 Å². The van der Waals surface area contributed by atoms with Gasteiger partial charge in [0.2, 0.25) is 5.91 Å². The largest absolute Gasteiger partial charge is 0.366 e. The minimum absolute atomic E-state index is 0.209. The smallest absolute Gasteiger partial charge is 0.248 e.